The number of hydrogen-bond acceptors (Lipinski definition) is 3. The van der Waals surface area contributed by atoms with Gasteiger partial charge in [-0.3, -0.25) is 4.99 Å². The van der Waals surface area contributed by atoms with Crippen LogP contribution in [0.3, 0.4) is 0 Å². The lowest BCUT2D eigenvalue weighted by Gasteiger charge is -2.44. The van der Waals surface area contributed by atoms with Gasteiger partial charge in [0.2, 0.25) is 0 Å². The van der Waals surface area contributed by atoms with Crippen LogP contribution in [0.4, 0.5) is 0 Å². The molecule has 2 N–H and O–H groups in total. The Kier molecular flexibility index (Phi) is 4.08. The summed E-state index contributed by atoms with van der Waals surface area (Å²) >= 11 is 12.8. The van der Waals surface area contributed by atoms with Crippen LogP contribution in [0.15, 0.2) is 23.2 Å². The number of hydrogen-bond donors (Lipinski definition) is 2. The number of guanidine groups is 1. The molecule has 1 saturated carbocycles. The Morgan fingerprint density at radius 3 is 2.50 bits per heavy atom. The van der Waals surface area contributed by atoms with Gasteiger partial charge >= 0.3 is 0 Å². The molecule has 1 fully saturated rings. The fourth-order valence-corrected chi connectivity index (χ4v) is 3.83. The molecule has 1 aromatic carbocycles. The summed E-state index contributed by atoms with van der Waals surface area (Å²) in [5.74, 6) is 0.908. The zero-order chi connectivity index (χ0) is 14.0. The van der Waals surface area contributed by atoms with Crippen LogP contribution in [0.2, 0.25) is 10.0 Å². The van der Waals surface area contributed by atoms with Gasteiger partial charge in [-0.05, 0) is 37.0 Å². The van der Waals surface area contributed by atoms with Gasteiger partial charge in [0.1, 0.15) is 0 Å². The van der Waals surface area contributed by atoms with Crippen LogP contribution < -0.4 is 10.6 Å². The van der Waals surface area contributed by atoms with Crippen LogP contribution in [0.5, 0.6) is 0 Å². The summed E-state index contributed by atoms with van der Waals surface area (Å²) in [6.07, 6.45) is 4.57. The summed E-state index contributed by atoms with van der Waals surface area (Å²) in [7, 11) is 0. The zero-order valence-electron chi connectivity index (χ0n) is 11.4. The largest absolute Gasteiger partial charge is 0.356 e. The predicted molar refractivity (Wildman–Crippen MR) is 84.9 cm³/mol. The van der Waals surface area contributed by atoms with Gasteiger partial charge in [-0.25, -0.2) is 0 Å². The SMILES string of the molecule is Clc1cccc(Cl)c1C1(CNC2=NCCCN2)CCC1. The van der Waals surface area contributed by atoms with Crippen LogP contribution >= 0.6 is 23.2 Å². The third-order valence-corrected chi connectivity index (χ3v) is 4.93. The molecule has 0 saturated heterocycles. The summed E-state index contributed by atoms with van der Waals surface area (Å²) in [4.78, 5) is 4.46. The van der Waals surface area contributed by atoms with Crippen LogP contribution in [0, 0.1) is 0 Å². The average Bonchev–Trinajstić information content (AvgIpc) is 2.41. The van der Waals surface area contributed by atoms with E-state index in [-0.39, 0.29) is 5.41 Å². The Morgan fingerprint density at radius 2 is 1.95 bits per heavy atom. The van der Waals surface area contributed by atoms with Crippen molar-refractivity contribution in [2.24, 2.45) is 4.99 Å². The molecule has 0 aromatic heterocycles. The first kappa shape index (κ1) is 14.0. The number of benzene rings is 1. The molecule has 0 bridgehead atoms. The van der Waals surface area contributed by atoms with Gasteiger partial charge in [0.05, 0.1) is 0 Å². The van der Waals surface area contributed by atoms with Crippen LogP contribution in [0.25, 0.3) is 0 Å². The molecule has 20 heavy (non-hydrogen) atoms. The Hall–Kier alpha value is -0.930. The predicted octanol–water partition coefficient (Wildman–Crippen LogP) is 3.35. The van der Waals surface area contributed by atoms with Gasteiger partial charge in [-0.2, -0.15) is 0 Å². The van der Waals surface area contributed by atoms with Crippen molar-refractivity contribution >= 4 is 29.2 Å². The first-order valence-electron chi connectivity index (χ1n) is 7.18. The molecule has 3 nitrogen and oxygen atoms in total. The first-order chi connectivity index (χ1) is 9.71. The van der Waals surface area contributed by atoms with Gasteiger partial charge < -0.3 is 10.6 Å². The zero-order valence-corrected chi connectivity index (χ0v) is 12.9. The summed E-state index contributed by atoms with van der Waals surface area (Å²) in [6, 6.07) is 5.76. The van der Waals surface area contributed by atoms with E-state index in [0.29, 0.717) is 0 Å². The molecule has 3 rings (SSSR count). The molecular formula is C15H19Cl2N3. The van der Waals surface area contributed by atoms with Crippen LogP contribution in [-0.2, 0) is 5.41 Å². The molecule has 1 aliphatic carbocycles. The van der Waals surface area contributed by atoms with Gasteiger partial charge in [-0.15, -0.1) is 0 Å². The summed E-state index contributed by atoms with van der Waals surface area (Å²) in [5, 5.41) is 8.28. The lowest BCUT2D eigenvalue weighted by atomic mass is 9.64. The Labute approximate surface area is 129 Å². The van der Waals surface area contributed by atoms with E-state index >= 15 is 0 Å². The van der Waals surface area contributed by atoms with Crippen molar-refractivity contribution < 1.29 is 0 Å². The fraction of sp³-hybridized carbons (Fsp3) is 0.533. The molecule has 1 heterocycles. The number of halogens is 2. The summed E-state index contributed by atoms with van der Waals surface area (Å²) < 4.78 is 0. The van der Waals surface area contributed by atoms with E-state index in [9.17, 15) is 0 Å². The smallest absolute Gasteiger partial charge is 0.191 e. The summed E-state index contributed by atoms with van der Waals surface area (Å²) in [5.41, 5.74) is 1.15. The number of rotatable bonds is 3. The molecule has 0 unspecified atom stereocenters. The lowest BCUT2D eigenvalue weighted by Crippen LogP contribution is -2.50. The highest BCUT2D eigenvalue weighted by Gasteiger charge is 2.41. The van der Waals surface area contributed by atoms with Gasteiger partial charge in [-0.1, -0.05) is 35.7 Å². The maximum atomic E-state index is 6.39. The fourth-order valence-electron chi connectivity index (χ4n) is 3.03. The topological polar surface area (TPSA) is 36.4 Å². The average molecular weight is 312 g/mol. The van der Waals surface area contributed by atoms with Gasteiger partial charge in [0.25, 0.3) is 0 Å². The van der Waals surface area contributed by atoms with Crippen molar-refractivity contribution in [3.63, 3.8) is 0 Å². The number of aliphatic imine (C=N–C) groups is 1. The lowest BCUT2D eigenvalue weighted by molar-refractivity contribution is 0.244. The molecule has 1 aromatic rings. The Balaban J connectivity index is 1.79. The monoisotopic (exact) mass is 311 g/mol. The molecule has 0 spiro atoms. The van der Waals surface area contributed by atoms with Crippen LogP contribution in [-0.4, -0.2) is 25.6 Å². The van der Waals surface area contributed by atoms with E-state index < -0.39 is 0 Å². The maximum absolute atomic E-state index is 6.39. The van der Waals surface area contributed by atoms with Gasteiger partial charge in [0.15, 0.2) is 5.96 Å². The minimum absolute atomic E-state index is 0.0527. The molecule has 0 amide bonds. The minimum Gasteiger partial charge on any atom is -0.356 e. The van der Waals surface area contributed by atoms with Gasteiger partial charge in [0, 0.05) is 35.1 Å². The van der Waals surface area contributed by atoms with E-state index in [0.717, 1.165) is 60.5 Å². The van der Waals surface area contributed by atoms with Crippen LogP contribution in [0.1, 0.15) is 31.2 Å². The Bertz CT molecular complexity index is 504. The number of nitrogens with zero attached hydrogens (tertiary/aromatic N) is 1. The highest BCUT2D eigenvalue weighted by molar-refractivity contribution is 6.36. The molecule has 0 atom stereocenters. The third-order valence-electron chi connectivity index (χ3n) is 4.30. The molecule has 1 aliphatic heterocycles. The highest BCUT2D eigenvalue weighted by Crippen LogP contribution is 2.48. The third kappa shape index (κ3) is 2.61. The van der Waals surface area contributed by atoms with Crippen molar-refractivity contribution in [1.82, 2.24) is 10.6 Å². The van der Waals surface area contributed by atoms with E-state index in [1.165, 1.54) is 6.42 Å². The van der Waals surface area contributed by atoms with Crippen molar-refractivity contribution in [2.45, 2.75) is 31.1 Å². The quantitative estimate of drug-likeness (QED) is 0.898. The second kappa shape index (κ2) is 5.82. The maximum Gasteiger partial charge on any atom is 0.191 e. The van der Waals surface area contributed by atoms with E-state index in [2.05, 4.69) is 15.6 Å². The van der Waals surface area contributed by atoms with Crippen molar-refractivity contribution in [1.29, 1.82) is 0 Å². The molecule has 0 radical (unpaired) electrons. The van der Waals surface area contributed by atoms with Crippen molar-refractivity contribution in [2.75, 3.05) is 19.6 Å². The summed E-state index contributed by atoms with van der Waals surface area (Å²) in [6.45, 7) is 2.73. The molecular weight excluding hydrogens is 293 g/mol. The van der Waals surface area contributed by atoms with Crippen molar-refractivity contribution in [3.8, 4) is 0 Å². The van der Waals surface area contributed by atoms with E-state index in [1.54, 1.807) is 0 Å². The van der Waals surface area contributed by atoms with E-state index in [1.807, 2.05) is 18.2 Å². The molecule has 2 aliphatic rings. The van der Waals surface area contributed by atoms with Crippen molar-refractivity contribution in [3.05, 3.63) is 33.8 Å². The Morgan fingerprint density at radius 1 is 1.20 bits per heavy atom. The second-order valence-electron chi connectivity index (χ2n) is 5.59. The molecule has 108 valence electrons. The second-order valence-corrected chi connectivity index (χ2v) is 6.41. The first-order valence-corrected chi connectivity index (χ1v) is 7.94. The standard InChI is InChI=1S/C15H19Cl2N3/c16-11-4-1-5-12(17)13(11)15(6-2-7-15)10-20-14-18-8-3-9-19-14/h1,4-5H,2-3,6-10H2,(H2,18,19,20). The highest BCUT2D eigenvalue weighted by atomic mass is 35.5. The minimum atomic E-state index is 0.0527. The van der Waals surface area contributed by atoms with E-state index in [4.69, 9.17) is 23.2 Å². The number of nitrogens with one attached hydrogen (secondary N) is 2. The molecule has 5 heteroatoms. The normalized spacial score (nSPS) is 20.6.